The second-order valence-corrected chi connectivity index (χ2v) is 6.77. The molecule has 1 saturated carbocycles. The summed E-state index contributed by atoms with van der Waals surface area (Å²) < 4.78 is 0. The molecule has 2 aliphatic rings. The molecule has 0 spiro atoms. The highest BCUT2D eigenvalue weighted by Crippen LogP contribution is 2.26. The van der Waals surface area contributed by atoms with Crippen molar-refractivity contribution in [1.82, 2.24) is 9.80 Å². The molecular weight excluding hydrogens is 236 g/mol. The van der Waals surface area contributed by atoms with E-state index in [1.165, 1.54) is 45.1 Å². The molecule has 3 nitrogen and oxygen atoms in total. The van der Waals surface area contributed by atoms with E-state index in [0.29, 0.717) is 0 Å². The second-order valence-electron chi connectivity index (χ2n) is 6.77. The van der Waals surface area contributed by atoms with Crippen LogP contribution in [-0.2, 0) is 4.79 Å². The first-order valence-corrected chi connectivity index (χ1v) is 8.09. The van der Waals surface area contributed by atoms with Crippen LogP contribution in [0.3, 0.4) is 0 Å². The van der Waals surface area contributed by atoms with Gasteiger partial charge in [0.25, 0.3) is 0 Å². The third kappa shape index (κ3) is 4.03. The Kier molecular flexibility index (Phi) is 5.40. The smallest absolute Gasteiger partial charge is 0.127 e. The first-order chi connectivity index (χ1) is 9.17. The van der Waals surface area contributed by atoms with E-state index in [-0.39, 0.29) is 5.41 Å². The molecule has 2 rings (SSSR count). The molecule has 1 unspecified atom stereocenters. The van der Waals surface area contributed by atoms with E-state index in [1.807, 2.05) is 0 Å². The molecule has 1 aliphatic heterocycles. The summed E-state index contributed by atoms with van der Waals surface area (Å²) in [4.78, 5) is 16.5. The summed E-state index contributed by atoms with van der Waals surface area (Å²) in [5, 5.41) is 0. The van der Waals surface area contributed by atoms with Crippen molar-refractivity contribution in [3.05, 3.63) is 0 Å². The molecule has 2 fully saturated rings. The Balaban J connectivity index is 1.77. The van der Waals surface area contributed by atoms with Crippen molar-refractivity contribution in [3.63, 3.8) is 0 Å². The first kappa shape index (κ1) is 15.0. The molecule has 3 heteroatoms. The van der Waals surface area contributed by atoms with Crippen molar-refractivity contribution in [1.29, 1.82) is 0 Å². The van der Waals surface area contributed by atoms with Crippen LogP contribution in [0.5, 0.6) is 0 Å². The average molecular weight is 266 g/mol. The Labute approximate surface area is 118 Å². The normalized spacial score (nSPS) is 26.4. The van der Waals surface area contributed by atoms with Crippen molar-refractivity contribution in [2.24, 2.45) is 5.41 Å². The maximum absolute atomic E-state index is 11.3. The van der Waals surface area contributed by atoms with Gasteiger partial charge < -0.3 is 4.79 Å². The molecule has 1 atom stereocenters. The Hall–Kier alpha value is -0.410. The topological polar surface area (TPSA) is 23.6 Å². The van der Waals surface area contributed by atoms with Gasteiger partial charge in [-0.05, 0) is 19.3 Å². The van der Waals surface area contributed by atoms with Gasteiger partial charge >= 0.3 is 0 Å². The van der Waals surface area contributed by atoms with E-state index >= 15 is 0 Å². The Morgan fingerprint density at radius 3 is 2.32 bits per heavy atom. The van der Waals surface area contributed by atoms with Crippen LogP contribution < -0.4 is 0 Å². The third-order valence-electron chi connectivity index (χ3n) is 4.94. The fraction of sp³-hybridized carbons (Fsp3) is 0.938. The van der Waals surface area contributed by atoms with Crippen LogP contribution in [0.1, 0.15) is 52.4 Å². The van der Waals surface area contributed by atoms with E-state index in [4.69, 9.17) is 0 Å². The van der Waals surface area contributed by atoms with E-state index in [2.05, 4.69) is 23.6 Å². The van der Waals surface area contributed by atoms with Gasteiger partial charge in [-0.2, -0.15) is 0 Å². The summed E-state index contributed by atoms with van der Waals surface area (Å²) in [6.07, 6.45) is 8.94. The average Bonchev–Trinajstić information content (AvgIpc) is 2.94. The molecule has 0 radical (unpaired) electrons. The molecular formula is C16H30N2O. The quantitative estimate of drug-likeness (QED) is 0.690. The third-order valence-corrected chi connectivity index (χ3v) is 4.94. The van der Waals surface area contributed by atoms with Crippen molar-refractivity contribution >= 4 is 6.29 Å². The van der Waals surface area contributed by atoms with Crippen LogP contribution in [-0.4, -0.2) is 54.9 Å². The van der Waals surface area contributed by atoms with Crippen LogP contribution >= 0.6 is 0 Å². The summed E-state index contributed by atoms with van der Waals surface area (Å²) >= 11 is 0. The number of aldehydes is 1. The van der Waals surface area contributed by atoms with Crippen LogP contribution in [0.15, 0.2) is 0 Å². The van der Waals surface area contributed by atoms with E-state index in [1.54, 1.807) is 0 Å². The van der Waals surface area contributed by atoms with Gasteiger partial charge in [-0.1, -0.05) is 33.1 Å². The summed E-state index contributed by atoms with van der Waals surface area (Å²) in [5.41, 5.74) is -0.135. The molecule has 0 aromatic heterocycles. The molecule has 110 valence electrons. The predicted octanol–water partition coefficient (Wildman–Crippen LogP) is 2.55. The lowest BCUT2D eigenvalue weighted by molar-refractivity contribution is -0.117. The Morgan fingerprint density at radius 1 is 1.16 bits per heavy atom. The van der Waals surface area contributed by atoms with Crippen molar-refractivity contribution in [2.45, 2.75) is 58.4 Å². The fourth-order valence-electron chi connectivity index (χ4n) is 3.81. The largest absolute Gasteiger partial charge is 0.303 e. The van der Waals surface area contributed by atoms with E-state index in [9.17, 15) is 4.79 Å². The standard InChI is InChI=1S/C16H30N2O/c1-3-8-16(2,14-19)13-17-9-11-18(12-10-17)15-6-4-5-7-15/h14-15H,3-13H2,1-2H3. The summed E-state index contributed by atoms with van der Waals surface area (Å²) in [5.74, 6) is 0. The zero-order valence-corrected chi connectivity index (χ0v) is 12.7. The molecule has 1 heterocycles. The molecule has 0 N–H and O–H groups in total. The monoisotopic (exact) mass is 266 g/mol. The molecule has 0 aromatic carbocycles. The van der Waals surface area contributed by atoms with Crippen LogP contribution in [0, 0.1) is 5.41 Å². The lowest BCUT2D eigenvalue weighted by atomic mass is 9.86. The highest BCUT2D eigenvalue weighted by Gasteiger charge is 2.30. The summed E-state index contributed by atoms with van der Waals surface area (Å²) in [6.45, 7) is 9.92. The lowest BCUT2D eigenvalue weighted by Gasteiger charge is -2.40. The molecule has 19 heavy (non-hydrogen) atoms. The summed E-state index contributed by atoms with van der Waals surface area (Å²) in [6, 6.07) is 0.857. The van der Waals surface area contributed by atoms with Crippen LogP contribution in [0.2, 0.25) is 0 Å². The van der Waals surface area contributed by atoms with Crippen LogP contribution in [0.25, 0.3) is 0 Å². The van der Waals surface area contributed by atoms with Crippen molar-refractivity contribution in [2.75, 3.05) is 32.7 Å². The number of carbonyl (C=O) groups is 1. The van der Waals surface area contributed by atoms with E-state index < -0.39 is 0 Å². The first-order valence-electron chi connectivity index (χ1n) is 8.09. The van der Waals surface area contributed by atoms with Crippen LogP contribution in [0.4, 0.5) is 0 Å². The minimum absolute atomic E-state index is 0.135. The zero-order valence-electron chi connectivity index (χ0n) is 12.7. The Morgan fingerprint density at radius 2 is 1.79 bits per heavy atom. The number of hydrogen-bond acceptors (Lipinski definition) is 3. The van der Waals surface area contributed by atoms with E-state index in [0.717, 1.165) is 38.5 Å². The van der Waals surface area contributed by atoms with Crippen molar-refractivity contribution < 1.29 is 4.79 Å². The molecule has 1 saturated heterocycles. The van der Waals surface area contributed by atoms with Gasteiger partial charge in [0, 0.05) is 44.2 Å². The van der Waals surface area contributed by atoms with Gasteiger partial charge in [-0.25, -0.2) is 0 Å². The predicted molar refractivity (Wildman–Crippen MR) is 79.3 cm³/mol. The van der Waals surface area contributed by atoms with Gasteiger partial charge in [-0.15, -0.1) is 0 Å². The minimum Gasteiger partial charge on any atom is -0.303 e. The number of nitrogens with zero attached hydrogens (tertiary/aromatic N) is 2. The van der Waals surface area contributed by atoms with Crippen molar-refractivity contribution in [3.8, 4) is 0 Å². The highest BCUT2D eigenvalue weighted by atomic mass is 16.1. The number of hydrogen-bond donors (Lipinski definition) is 0. The number of rotatable bonds is 6. The SMILES string of the molecule is CCCC(C)(C=O)CN1CCN(C2CCCC2)CC1. The lowest BCUT2D eigenvalue weighted by Crippen LogP contribution is -2.52. The minimum atomic E-state index is -0.135. The van der Waals surface area contributed by atoms with Gasteiger partial charge in [0.2, 0.25) is 0 Å². The second kappa shape index (κ2) is 6.85. The number of piperazine rings is 1. The zero-order chi connectivity index (χ0) is 13.7. The molecule has 1 aliphatic carbocycles. The molecule has 0 aromatic rings. The van der Waals surface area contributed by atoms with Gasteiger partial charge in [0.05, 0.1) is 0 Å². The van der Waals surface area contributed by atoms with Gasteiger partial charge in [0.1, 0.15) is 6.29 Å². The fourth-order valence-corrected chi connectivity index (χ4v) is 3.81. The number of carbonyl (C=O) groups excluding carboxylic acids is 1. The van der Waals surface area contributed by atoms with Gasteiger partial charge in [-0.3, -0.25) is 9.80 Å². The van der Waals surface area contributed by atoms with Gasteiger partial charge in [0.15, 0.2) is 0 Å². The molecule has 0 bridgehead atoms. The summed E-state index contributed by atoms with van der Waals surface area (Å²) in [7, 11) is 0. The maximum atomic E-state index is 11.3. The maximum Gasteiger partial charge on any atom is 0.127 e. The highest BCUT2D eigenvalue weighted by molar-refractivity contribution is 5.59. The molecule has 0 amide bonds. The Bertz CT molecular complexity index is 280.